The first kappa shape index (κ1) is 10.3. The van der Waals surface area contributed by atoms with Crippen LogP contribution < -0.4 is 10.6 Å². The maximum absolute atomic E-state index is 5.16. The van der Waals surface area contributed by atoms with Crippen LogP contribution in [0.4, 0.5) is 0 Å². The molecule has 0 aliphatic heterocycles. The quantitative estimate of drug-likeness (QED) is 0.635. The maximum atomic E-state index is 5.16. The number of rotatable bonds is 3. The van der Waals surface area contributed by atoms with Crippen molar-refractivity contribution in [3.05, 3.63) is 5.82 Å². The van der Waals surface area contributed by atoms with Crippen molar-refractivity contribution in [2.75, 3.05) is 0 Å². The zero-order valence-electron chi connectivity index (χ0n) is 8.36. The van der Waals surface area contributed by atoms with E-state index in [9.17, 15) is 0 Å². The summed E-state index contributed by atoms with van der Waals surface area (Å²) in [6, 6.07) is 0.537. The van der Waals surface area contributed by atoms with Gasteiger partial charge in [-0.3, -0.25) is 0 Å². The molecule has 2 rings (SSSR count). The largest absolute Gasteiger partial charge is 0.360 e. The van der Waals surface area contributed by atoms with Crippen molar-refractivity contribution in [2.24, 2.45) is 0 Å². The number of hydrogen-bond donors (Lipinski definition) is 3. The Labute approximate surface area is 93.2 Å². The normalized spacial score (nSPS) is 16.5. The van der Waals surface area contributed by atoms with E-state index >= 15 is 0 Å². The Hall–Kier alpha value is -1.24. The molecule has 0 saturated heterocycles. The molecule has 0 amide bonds. The number of hydrogen-bond acceptors (Lipinski definition) is 4. The number of aromatic amines is 1. The highest BCUT2D eigenvalue weighted by atomic mass is 32.1. The molecule has 0 radical (unpaired) electrons. The monoisotopic (exact) mass is 226 g/mol. The van der Waals surface area contributed by atoms with E-state index in [1.807, 2.05) is 0 Å². The smallest absolute Gasteiger partial charge is 0.193 e. The number of tetrazole rings is 1. The summed E-state index contributed by atoms with van der Waals surface area (Å²) in [4.78, 5) is 0. The SMILES string of the molecule is S=C(NCc1nn[nH]n1)NC1CCCC1. The van der Waals surface area contributed by atoms with Crippen LogP contribution in [-0.4, -0.2) is 31.8 Å². The van der Waals surface area contributed by atoms with Crippen LogP contribution in [-0.2, 0) is 6.54 Å². The third-order valence-corrected chi connectivity index (χ3v) is 2.75. The van der Waals surface area contributed by atoms with Crippen LogP contribution in [0.1, 0.15) is 31.5 Å². The van der Waals surface area contributed by atoms with Gasteiger partial charge >= 0.3 is 0 Å². The van der Waals surface area contributed by atoms with Gasteiger partial charge < -0.3 is 10.6 Å². The van der Waals surface area contributed by atoms with Crippen molar-refractivity contribution in [1.82, 2.24) is 31.3 Å². The van der Waals surface area contributed by atoms with E-state index in [1.54, 1.807) is 0 Å². The van der Waals surface area contributed by atoms with Gasteiger partial charge in [0, 0.05) is 6.04 Å². The number of H-pyrrole nitrogens is 1. The van der Waals surface area contributed by atoms with Crippen molar-refractivity contribution in [1.29, 1.82) is 0 Å². The van der Waals surface area contributed by atoms with Crippen molar-refractivity contribution >= 4 is 17.3 Å². The minimum atomic E-state index is 0.509. The summed E-state index contributed by atoms with van der Waals surface area (Å²) in [6.45, 7) is 0.509. The van der Waals surface area contributed by atoms with Crippen LogP contribution in [0, 0.1) is 0 Å². The lowest BCUT2D eigenvalue weighted by Crippen LogP contribution is -2.40. The average molecular weight is 226 g/mol. The molecular weight excluding hydrogens is 212 g/mol. The van der Waals surface area contributed by atoms with Crippen molar-refractivity contribution in [3.8, 4) is 0 Å². The first-order valence-corrected chi connectivity index (χ1v) is 5.52. The lowest BCUT2D eigenvalue weighted by atomic mass is 10.3. The molecule has 0 bridgehead atoms. The summed E-state index contributed by atoms with van der Waals surface area (Å²) in [5.41, 5.74) is 0. The van der Waals surface area contributed by atoms with Gasteiger partial charge in [-0.25, -0.2) is 0 Å². The van der Waals surface area contributed by atoms with Crippen LogP contribution in [0.5, 0.6) is 0 Å². The second-order valence-corrected chi connectivity index (χ2v) is 4.04. The molecule has 3 N–H and O–H groups in total. The maximum Gasteiger partial charge on any atom is 0.193 e. The van der Waals surface area contributed by atoms with Gasteiger partial charge in [0.25, 0.3) is 0 Å². The number of nitrogens with zero attached hydrogens (tertiary/aromatic N) is 3. The number of aromatic nitrogens is 4. The lowest BCUT2D eigenvalue weighted by Gasteiger charge is -2.14. The van der Waals surface area contributed by atoms with Gasteiger partial charge in [-0.2, -0.15) is 5.21 Å². The Balaban J connectivity index is 1.68. The third-order valence-electron chi connectivity index (χ3n) is 2.49. The van der Waals surface area contributed by atoms with E-state index in [4.69, 9.17) is 12.2 Å². The van der Waals surface area contributed by atoms with Crippen LogP contribution in [0.15, 0.2) is 0 Å². The molecule has 1 aliphatic rings. The molecule has 0 atom stereocenters. The second-order valence-electron chi connectivity index (χ2n) is 3.64. The van der Waals surface area contributed by atoms with Crippen molar-refractivity contribution < 1.29 is 0 Å². The molecular formula is C8H14N6S. The topological polar surface area (TPSA) is 78.5 Å². The fourth-order valence-corrected chi connectivity index (χ4v) is 1.96. The van der Waals surface area contributed by atoms with Gasteiger partial charge in [0.2, 0.25) is 0 Å². The van der Waals surface area contributed by atoms with Gasteiger partial charge in [-0.05, 0) is 25.1 Å². The van der Waals surface area contributed by atoms with Crippen LogP contribution in [0.2, 0.25) is 0 Å². The van der Waals surface area contributed by atoms with Gasteiger partial charge in [0.15, 0.2) is 10.9 Å². The van der Waals surface area contributed by atoms with Gasteiger partial charge in [-0.15, -0.1) is 10.2 Å². The molecule has 7 heteroatoms. The van der Waals surface area contributed by atoms with Crippen LogP contribution in [0.3, 0.4) is 0 Å². The van der Waals surface area contributed by atoms with E-state index < -0.39 is 0 Å². The predicted octanol–water partition coefficient (Wildman–Crippen LogP) is 0.106. The zero-order valence-corrected chi connectivity index (χ0v) is 9.18. The van der Waals surface area contributed by atoms with E-state index in [0.717, 1.165) is 0 Å². The molecule has 0 aromatic carbocycles. The zero-order chi connectivity index (χ0) is 10.5. The highest BCUT2D eigenvalue weighted by Gasteiger charge is 2.15. The predicted molar refractivity (Wildman–Crippen MR) is 59.0 cm³/mol. The minimum absolute atomic E-state index is 0.509. The second kappa shape index (κ2) is 5.01. The van der Waals surface area contributed by atoms with Crippen molar-refractivity contribution in [3.63, 3.8) is 0 Å². The lowest BCUT2D eigenvalue weighted by molar-refractivity contribution is 0.619. The Morgan fingerprint density at radius 3 is 2.93 bits per heavy atom. The Kier molecular flexibility index (Phi) is 3.44. The molecule has 1 aromatic heterocycles. The summed E-state index contributed by atoms with van der Waals surface area (Å²) in [5, 5.41) is 20.5. The average Bonchev–Trinajstić information content (AvgIpc) is 2.86. The van der Waals surface area contributed by atoms with E-state index in [2.05, 4.69) is 31.3 Å². The molecule has 1 aromatic rings. The van der Waals surface area contributed by atoms with Gasteiger partial charge in [0.1, 0.15) is 0 Å². The number of thiocarbonyl (C=S) groups is 1. The number of nitrogens with one attached hydrogen (secondary N) is 3. The molecule has 1 aliphatic carbocycles. The standard InChI is InChI=1S/C8H14N6S/c15-8(10-6-3-1-2-4-6)9-5-7-11-13-14-12-7/h6H,1-5H2,(H2,9,10,15)(H,11,12,13,14). The van der Waals surface area contributed by atoms with Gasteiger partial charge in [0.05, 0.1) is 6.54 Å². The minimum Gasteiger partial charge on any atom is -0.360 e. The molecule has 82 valence electrons. The first-order valence-electron chi connectivity index (χ1n) is 5.11. The Morgan fingerprint density at radius 2 is 2.27 bits per heavy atom. The molecule has 0 spiro atoms. The molecule has 6 nitrogen and oxygen atoms in total. The Bertz CT molecular complexity index is 305. The molecule has 15 heavy (non-hydrogen) atoms. The summed E-state index contributed by atoms with van der Waals surface area (Å²) < 4.78 is 0. The van der Waals surface area contributed by atoms with E-state index in [0.29, 0.717) is 23.5 Å². The fraction of sp³-hybridized carbons (Fsp3) is 0.750. The molecule has 1 heterocycles. The Morgan fingerprint density at radius 1 is 1.47 bits per heavy atom. The fourth-order valence-electron chi connectivity index (χ4n) is 1.72. The summed E-state index contributed by atoms with van der Waals surface area (Å²) >= 11 is 5.16. The van der Waals surface area contributed by atoms with E-state index in [-0.39, 0.29) is 0 Å². The summed E-state index contributed by atoms with van der Waals surface area (Å²) in [6.07, 6.45) is 5.02. The van der Waals surface area contributed by atoms with Crippen molar-refractivity contribution in [2.45, 2.75) is 38.3 Å². The highest BCUT2D eigenvalue weighted by molar-refractivity contribution is 7.80. The third kappa shape index (κ3) is 3.12. The first-order chi connectivity index (χ1) is 7.34. The van der Waals surface area contributed by atoms with E-state index in [1.165, 1.54) is 25.7 Å². The van der Waals surface area contributed by atoms with Crippen LogP contribution >= 0.6 is 12.2 Å². The van der Waals surface area contributed by atoms with Gasteiger partial charge in [-0.1, -0.05) is 18.1 Å². The highest BCUT2D eigenvalue weighted by Crippen LogP contribution is 2.17. The molecule has 1 fully saturated rings. The summed E-state index contributed by atoms with van der Waals surface area (Å²) in [5.74, 6) is 0.616. The molecule has 0 unspecified atom stereocenters. The molecule has 1 saturated carbocycles. The van der Waals surface area contributed by atoms with Crippen LogP contribution in [0.25, 0.3) is 0 Å². The summed E-state index contributed by atoms with van der Waals surface area (Å²) in [7, 11) is 0.